The summed E-state index contributed by atoms with van der Waals surface area (Å²) in [6.45, 7) is 5.43. The Labute approximate surface area is 109 Å². The Morgan fingerprint density at radius 1 is 1.28 bits per heavy atom. The number of aryl methyl sites for hydroxylation is 1. The highest BCUT2D eigenvalue weighted by Crippen LogP contribution is 2.30. The third-order valence-corrected chi connectivity index (χ3v) is 4.63. The minimum atomic E-state index is 0.899. The summed E-state index contributed by atoms with van der Waals surface area (Å²) in [5.41, 5.74) is 2.54. The molecule has 1 N–H and O–H groups in total. The number of hydrogen-bond acceptors (Lipinski definition) is 3. The zero-order chi connectivity index (χ0) is 12.4. The average molecular weight is 248 g/mol. The monoisotopic (exact) mass is 248 g/mol. The molecule has 4 heteroatoms. The molecule has 1 aliphatic carbocycles. The number of nitrogens with one attached hydrogen (secondary N) is 1. The lowest BCUT2D eigenvalue weighted by atomic mass is 9.81. The fourth-order valence-electron chi connectivity index (χ4n) is 3.30. The molecule has 1 saturated carbocycles. The molecular formula is C14H24N4. The van der Waals surface area contributed by atoms with Crippen molar-refractivity contribution in [3.8, 4) is 0 Å². The second kappa shape index (κ2) is 5.39. The van der Waals surface area contributed by atoms with Gasteiger partial charge in [-0.25, -0.2) is 4.68 Å². The topological polar surface area (TPSA) is 42.7 Å². The van der Waals surface area contributed by atoms with E-state index in [1.54, 1.807) is 0 Å². The first-order valence-electron chi connectivity index (χ1n) is 7.45. The van der Waals surface area contributed by atoms with Gasteiger partial charge in [-0.2, -0.15) is 0 Å². The minimum Gasteiger partial charge on any atom is -0.311 e. The Morgan fingerprint density at radius 2 is 2.11 bits per heavy atom. The van der Waals surface area contributed by atoms with Gasteiger partial charge in [0.25, 0.3) is 0 Å². The van der Waals surface area contributed by atoms with Crippen LogP contribution in [0, 0.1) is 11.8 Å². The molecule has 0 spiro atoms. The second-order valence-corrected chi connectivity index (χ2v) is 6.05. The lowest BCUT2D eigenvalue weighted by Crippen LogP contribution is -2.25. The fraction of sp³-hybridized carbons (Fsp3) is 0.857. The molecule has 1 fully saturated rings. The summed E-state index contributed by atoms with van der Waals surface area (Å²) in [7, 11) is 0. The first-order chi connectivity index (χ1) is 8.83. The van der Waals surface area contributed by atoms with Crippen molar-refractivity contribution in [1.82, 2.24) is 20.3 Å². The highest BCUT2D eigenvalue weighted by Gasteiger charge is 2.20. The van der Waals surface area contributed by atoms with Crippen molar-refractivity contribution >= 4 is 0 Å². The van der Waals surface area contributed by atoms with Gasteiger partial charge in [-0.1, -0.05) is 37.8 Å². The summed E-state index contributed by atoms with van der Waals surface area (Å²) in [5.74, 6) is 1.87. The highest BCUT2D eigenvalue weighted by atomic mass is 15.4. The summed E-state index contributed by atoms with van der Waals surface area (Å²) in [6.07, 6.45) is 8.05. The van der Waals surface area contributed by atoms with Crippen LogP contribution in [0.15, 0.2) is 0 Å². The maximum atomic E-state index is 4.32. The molecule has 4 nitrogen and oxygen atoms in total. The first-order valence-corrected chi connectivity index (χ1v) is 7.45. The van der Waals surface area contributed by atoms with E-state index in [0.29, 0.717) is 0 Å². The van der Waals surface area contributed by atoms with E-state index in [9.17, 15) is 0 Å². The van der Waals surface area contributed by atoms with Gasteiger partial charge in [-0.05, 0) is 18.3 Å². The molecule has 0 bridgehead atoms. The quantitative estimate of drug-likeness (QED) is 0.891. The van der Waals surface area contributed by atoms with Crippen molar-refractivity contribution in [2.24, 2.45) is 11.8 Å². The van der Waals surface area contributed by atoms with Crippen LogP contribution in [-0.4, -0.2) is 21.5 Å². The SMILES string of the molecule is CC1CCC(CCn2nnc3c2CCNC3)CC1. The molecule has 3 rings (SSSR count). The summed E-state index contributed by atoms with van der Waals surface area (Å²) >= 11 is 0. The molecule has 0 amide bonds. The third-order valence-electron chi connectivity index (χ3n) is 4.63. The average Bonchev–Trinajstić information content (AvgIpc) is 2.82. The smallest absolute Gasteiger partial charge is 0.0997 e. The molecule has 0 unspecified atom stereocenters. The van der Waals surface area contributed by atoms with Crippen molar-refractivity contribution < 1.29 is 0 Å². The molecule has 0 aromatic carbocycles. The maximum absolute atomic E-state index is 4.32. The number of hydrogen-bond donors (Lipinski definition) is 1. The van der Waals surface area contributed by atoms with Crippen molar-refractivity contribution in [2.45, 2.75) is 58.5 Å². The van der Waals surface area contributed by atoms with E-state index in [0.717, 1.165) is 37.9 Å². The van der Waals surface area contributed by atoms with E-state index in [2.05, 4.69) is 27.2 Å². The number of rotatable bonds is 3. The van der Waals surface area contributed by atoms with Gasteiger partial charge in [0.2, 0.25) is 0 Å². The van der Waals surface area contributed by atoms with Crippen molar-refractivity contribution in [1.29, 1.82) is 0 Å². The second-order valence-electron chi connectivity index (χ2n) is 6.05. The van der Waals surface area contributed by atoms with E-state index in [1.165, 1.54) is 43.5 Å². The number of nitrogens with zero attached hydrogens (tertiary/aromatic N) is 3. The number of aromatic nitrogens is 3. The van der Waals surface area contributed by atoms with Crippen molar-refractivity contribution in [2.75, 3.05) is 6.54 Å². The van der Waals surface area contributed by atoms with Crippen LogP contribution in [0.2, 0.25) is 0 Å². The molecule has 2 aliphatic rings. The molecule has 2 heterocycles. The Morgan fingerprint density at radius 3 is 2.94 bits per heavy atom. The Bertz CT molecular complexity index is 390. The van der Waals surface area contributed by atoms with Gasteiger partial charge in [0, 0.05) is 26.1 Å². The first kappa shape index (κ1) is 12.2. The van der Waals surface area contributed by atoms with Gasteiger partial charge < -0.3 is 5.32 Å². The predicted octanol–water partition coefficient (Wildman–Crippen LogP) is 2.14. The zero-order valence-corrected chi connectivity index (χ0v) is 11.4. The van der Waals surface area contributed by atoms with Gasteiger partial charge in [0.15, 0.2) is 0 Å². The minimum absolute atomic E-state index is 0.899. The van der Waals surface area contributed by atoms with E-state index in [1.807, 2.05) is 0 Å². The highest BCUT2D eigenvalue weighted by molar-refractivity contribution is 5.13. The summed E-state index contributed by atoms with van der Waals surface area (Å²) < 4.78 is 2.16. The van der Waals surface area contributed by atoms with E-state index in [-0.39, 0.29) is 0 Å². The largest absolute Gasteiger partial charge is 0.311 e. The molecule has 0 saturated heterocycles. The van der Waals surface area contributed by atoms with Gasteiger partial charge in [0.1, 0.15) is 0 Å². The Hall–Kier alpha value is -0.900. The van der Waals surface area contributed by atoms with Crippen molar-refractivity contribution in [3.63, 3.8) is 0 Å². The molecule has 1 aromatic heterocycles. The Balaban J connectivity index is 1.55. The van der Waals surface area contributed by atoms with Gasteiger partial charge >= 0.3 is 0 Å². The van der Waals surface area contributed by atoms with Crippen LogP contribution in [0.3, 0.4) is 0 Å². The summed E-state index contributed by atoms with van der Waals surface area (Å²) in [5, 5.41) is 12.0. The predicted molar refractivity (Wildman–Crippen MR) is 71.2 cm³/mol. The van der Waals surface area contributed by atoms with E-state index >= 15 is 0 Å². The standard InChI is InChI=1S/C14H24N4/c1-11-2-4-12(5-3-11)7-9-18-14-6-8-15-10-13(14)16-17-18/h11-12,15H,2-10H2,1H3. The number of fused-ring (bicyclic) bond motifs is 1. The van der Waals surface area contributed by atoms with Crippen LogP contribution in [0.25, 0.3) is 0 Å². The van der Waals surface area contributed by atoms with Crippen molar-refractivity contribution in [3.05, 3.63) is 11.4 Å². The van der Waals surface area contributed by atoms with Crippen LogP contribution in [-0.2, 0) is 19.5 Å². The van der Waals surface area contributed by atoms with Gasteiger partial charge in [0.05, 0.1) is 11.4 Å². The van der Waals surface area contributed by atoms with Gasteiger partial charge in [-0.3, -0.25) is 0 Å². The summed E-state index contributed by atoms with van der Waals surface area (Å²) in [6, 6.07) is 0. The van der Waals surface area contributed by atoms with Crippen LogP contribution < -0.4 is 5.32 Å². The molecule has 0 radical (unpaired) electrons. The van der Waals surface area contributed by atoms with Gasteiger partial charge in [-0.15, -0.1) is 5.10 Å². The Kier molecular flexibility index (Phi) is 3.64. The fourth-order valence-corrected chi connectivity index (χ4v) is 3.30. The normalized spacial score (nSPS) is 28.1. The third kappa shape index (κ3) is 2.58. The molecule has 0 atom stereocenters. The molecule has 1 aromatic rings. The van der Waals surface area contributed by atoms with Crippen LogP contribution in [0.5, 0.6) is 0 Å². The lowest BCUT2D eigenvalue weighted by molar-refractivity contribution is 0.264. The zero-order valence-electron chi connectivity index (χ0n) is 11.4. The van der Waals surface area contributed by atoms with Crippen LogP contribution >= 0.6 is 0 Å². The maximum Gasteiger partial charge on any atom is 0.0997 e. The molecule has 1 aliphatic heterocycles. The van der Waals surface area contributed by atoms with Crippen LogP contribution in [0.1, 0.15) is 50.4 Å². The molecule has 100 valence electrons. The molecular weight excluding hydrogens is 224 g/mol. The van der Waals surface area contributed by atoms with Crippen LogP contribution in [0.4, 0.5) is 0 Å². The lowest BCUT2D eigenvalue weighted by Gasteiger charge is -2.26. The molecule has 18 heavy (non-hydrogen) atoms. The van der Waals surface area contributed by atoms with E-state index in [4.69, 9.17) is 0 Å². The summed E-state index contributed by atoms with van der Waals surface area (Å²) in [4.78, 5) is 0. The van der Waals surface area contributed by atoms with E-state index < -0.39 is 0 Å².